The third-order valence-corrected chi connectivity index (χ3v) is 2.77. The van der Waals surface area contributed by atoms with Crippen molar-refractivity contribution in [3.8, 4) is 0 Å². The van der Waals surface area contributed by atoms with Gasteiger partial charge in [0.15, 0.2) is 5.78 Å². The molecule has 16 heavy (non-hydrogen) atoms. The van der Waals surface area contributed by atoms with Crippen molar-refractivity contribution in [2.75, 3.05) is 13.2 Å². The van der Waals surface area contributed by atoms with Crippen LogP contribution in [0.3, 0.4) is 0 Å². The van der Waals surface area contributed by atoms with Crippen LogP contribution in [0.4, 0.5) is 13.2 Å². The zero-order valence-electron chi connectivity index (χ0n) is 9.18. The van der Waals surface area contributed by atoms with Crippen LogP contribution in [-0.4, -0.2) is 25.2 Å². The van der Waals surface area contributed by atoms with Gasteiger partial charge in [-0.2, -0.15) is 13.2 Å². The minimum absolute atomic E-state index is 0.212. The first-order chi connectivity index (χ1) is 7.47. The Morgan fingerprint density at radius 3 is 2.38 bits per heavy atom. The summed E-state index contributed by atoms with van der Waals surface area (Å²) in [6.45, 7) is -1.74. The quantitative estimate of drug-likeness (QED) is 0.735. The molecule has 1 aliphatic carbocycles. The maximum Gasteiger partial charge on any atom is 0.411 e. The van der Waals surface area contributed by atoms with Gasteiger partial charge in [0.1, 0.15) is 13.2 Å². The second-order valence-electron chi connectivity index (χ2n) is 4.35. The second-order valence-corrected chi connectivity index (χ2v) is 4.35. The molecule has 5 heteroatoms. The second kappa shape index (κ2) is 6.23. The number of carbonyl (C=O) groups is 1. The van der Waals surface area contributed by atoms with Gasteiger partial charge in [0.2, 0.25) is 0 Å². The summed E-state index contributed by atoms with van der Waals surface area (Å²) in [5, 5.41) is 0. The van der Waals surface area contributed by atoms with Crippen molar-refractivity contribution in [2.24, 2.45) is 5.92 Å². The van der Waals surface area contributed by atoms with Crippen molar-refractivity contribution >= 4 is 5.78 Å². The van der Waals surface area contributed by atoms with Gasteiger partial charge in [0.25, 0.3) is 0 Å². The Morgan fingerprint density at radius 2 is 1.81 bits per heavy atom. The van der Waals surface area contributed by atoms with E-state index in [0.717, 1.165) is 25.7 Å². The van der Waals surface area contributed by atoms with Crippen molar-refractivity contribution in [3.63, 3.8) is 0 Å². The van der Waals surface area contributed by atoms with Crippen molar-refractivity contribution in [1.29, 1.82) is 0 Å². The molecule has 1 saturated carbocycles. The fourth-order valence-electron chi connectivity index (χ4n) is 2.05. The van der Waals surface area contributed by atoms with E-state index in [1.807, 2.05) is 0 Å². The Balaban J connectivity index is 2.10. The van der Waals surface area contributed by atoms with Gasteiger partial charge in [-0.15, -0.1) is 0 Å². The Kier molecular flexibility index (Phi) is 5.25. The van der Waals surface area contributed by atoms with Gasteiger partial charge >= 0.3 is 6.18 Å². The fourth-order valence-corrected chi connectivity index (χ4v) is 2.05. The number of ketones is 1. The van der Waals surface area contributed by atoms with E-state index in [2.05, 4.69) is 4.74 Å². The molecule has 0 atom stereocenters. The number of alkyl halides is 3. The van der Waals surface area contributed by atoms with Crippen molar-refractivity contribution < 1.29 is 22.7 Å². The highest BCUT2D eigenvalue weighted by Gasteiger charge is 2.28. The number of Topliss-reactive ketones (excluding diaryl/α,β-unsaturated/α-hetero) is 1. The molecule has 0 bridgehead atoms. The van der Waals surface area contributed by atoms with E-state index in [1.165, 1.54) is 6.42 Å². The molecule has 0 aromatic heterocycles. The fraction of sp³-hybridized carbons (Fsp3) is 0.909. The molecule has 1 aliphatic rings. The molecule has 0 amide bonds. The molecule has 0 N–H and O–H groups in total. The van der Waals surface area contributed by atoms with Gasteiger partial charge in [-0.3, -0.25) is 4.79 Å². The molecule has 0 aromatic rings. The van der Waals surface area contributed by atoms with Crippen LogP contribution in [0.1, 0.15) is 38.5 Å². The van der Waals surface area contributed by atoms with Crippen LogP contribution >= 0.6 is 0 Å². The third-order valence-electron chi connectivity index (χ3n) is 2.77. The number of ether oxygens (including phenoxy) is 1. The van der Waals surface area contributed by atoms with Gasteiger partial charge in [-0.1, -0.05) is 32.1 Å². The SMILES string of the molecule is O=C(COCC(F)(F)F)CC1CCCCC1. The lowest BCUT2D eigenvalue weighted by Crippen LogP contribution is -2.22. The molecular formula is C11H17F3O2. The van der Waals surface area contributed by atoms with Crippen LogP contribution in [0.25, 0.3) is 0 Å². The maximum atomic E-state index is 11.7. The molecular weight excluding hydrogens is 221 g/mol. The predicted molar refractivity (Wildman–Crippen MR) is 53.1 cm³/mol. The Labute approximate surface area is 93.2 Å². The summed E-state index contributed by atoms with van der Waals surface area (Å²) in [4.78, 5) is 11.3. The normalized spacial score (nSPS) is 18.7. The maximum absolute atomic E-state index is 11.7. The zero-order chi connectivity index (χ0) is 12.0. The average Bonchev–Trinajstić information content (AvgIpc) is 2.17. The smallest absolute Gasteiger partial charge is 0.364 e. The van der Waals surface area contributed by atoms with E-state index < -0.39 is 19.4 Å². The first-order valence-electron chi connectivity index (χ1n) is 5.63. The molecule has 1 fully saturated rings. The Morgan fingerprint density at radius 1 is 1.19 bits per heavy atom. The van der Waals surface area contributed by atoms with E-state index in [9.17, 15) is 18.0 Å². The minimum Gasteiger partial charge on any atom is -0.364 e. The summed E-state index contributed by atoms with van der Waals surface area (Å²) in [7, 11) is 0. The molecule has 0 saturated heterocycles. The van der Waals surface area contributed by atoms with Crippen LogP contribution in [0.15, 0.2) is 0 Å². The van der Waals surface area contributed by atoms with Crippen LogP contribution in [-0.2, 0) is 9.53 Å². The van der Waals surface area contributed by atoms with Gasteiger partial charge < -0.3 is 4.74 Å². The number of carbonyl (C=O) groups excluding carboxylic acids is 1. The van der Waals surface area contributed by atoms with Crippen molar-refractivity contribution in [3.05, 3.63) is 0 Å². The Hall–Kier alpha value is -0.580. The summed E-state index contributed by atoms with van der Waals surface area (Å²) in [6.07, 6.45) is 1.52. The zero-order valence-corrected chi connectivity index (χ0v) is 9.18. The van der Waals surface area contributed by atoms with E-state index in [4.69, 9.17) is 0 Å². The number of halogens is 3. The summed E-state index contributed by atoms with van der Waals surface area (Å²) in [5.41, 5.74) is 0. The van der Waals surface area contributed by atoms with Crippen LogP contribution < -0.4 is 0 Å². The highest BCUT2D eigenvalue weighted by atomic mass is 19.4. The monoisotopic (exact) mass is 238 g/mol. The summed E-state index contributed by atoms with van der Waals surface area (Å²) in [6, 6.07) is 0. The number of hydrogen-bond acceptors (Lipinski definition) is 2. The van der Waals surface area contributed by atoms with Crippen LogP contribution in [0.2, 0.25) is 0 Å². The lowest BCUT2D eigenvalue weighted by atomic mass is 9.86. The van der Waals surface area contributed by atoms with Crippen LogP contribution in [0.5, 0.6) is 0 Å². The summed E-state index contributed by atoms with van der Waals surface area (Å²) < 4.78 is 39.5. The lowest BCUT2D eigenvalue weighted by molar-refractivity contribution is -0.175. The molecule has 1 rings (SSSR count). The van der Waals surface area contributed by atoms with Crippen molar-refractivity contribution in [2.45, 2.75) is 44.7 Å². The van der Waals surface area contributed by atoms with E-state index in [-0.39, 0.29) is 5.78 Å². The first-order valence-corrected chi connectivity index (χ1v) is 5.63. The standard InChI is InChI=1S/C11H17F3O2/c12-11(13,14)8-16-7-10(15)6-9-4-2-1-3-5-9/h9H,1-8H2. The Bertz CT molecular complexity index is 220. The van der Waals surface area contributed by atoms with E-state index >= 15 is 0 Å². The molecule has 0 radical (unpaired) electrons. The molecule has 0 unspecified atom stereocenters. The summed E-state index contributed by atoms with van der Waals surface area (Å²) >= 11 is 0. The molecule has 0 aromatic carbocycles. The van der Waals surface area contributed by atoms with Gasteiger partial charge in [-0.05, 0) is 5.92 Å². The molecule has 2 nitrogen and oxygen atoms in total. The molecule has 0 heterocycles. The van der Waals surface area contributed by atoms with Gasteiger partial charge in [0.05, 0.1) is 0 Å². The molecule has 0 spiro atoms. The van der Waals surface area contributed by atoms with Gasteiger partial charge in [0, 0.05) is 6.42 Å². The highest BCUT2D eigenvalue weighted by molar-refractivity contribution is 5.79. The average molecular weight is 238 g/mol. The molecule has 94 valence electrons. The van der Waals surface area contributed by atoms with E-state index in [1.54, 1.807) is 0 Å². The van der Waals surface area contributed by atoms with E-state index in [0.29, 0.717) is 12.3 Å². The lowest BCUT2D eigenvalue weighted by Gasteiger charge is -2.20. The van der Waals surface area contributed by atoms with Crippen molar-refractivity contribution in [1.82, 2.24) is 0 Å². The highest BCUT2D eigenvalue weighted by Crippen LogP contribution is 2.26. The third kappa shape index (κ3) is 6.10. The number of hydrogen-bond donors (Lipinski definition) is 0. The van der Waals surface area contributed by atoms with Gasteiger partial charge in [-0.25, -0.2) is 0 Å². The number of rotatable bonds is 5. The van der Waals surface area contributed by atoms with Crippen LogP contribution in [0, 0.1) is 5.92 Å². The topological polar surface area (TPSA) is 26.3 Å². The summed E-state index contributed by atoms with van der Waals surface area (Å²) in [5.74, 6) is 0.145. The minimum atomic E-state index is -4.34. The first kappa shape index (κ1) is 13.5. The molecule has 0 aliphatic heterocycles. The predicted octanol–water partition coefficient (Wildman–Crippen LogP) is 3.10. The largest absolute Gasteiger partial charge is 0.411 e.